The van der Waals surface area contributed by atoms with Crippen molar-refractivity contribution in [2.75, 3.05) is 24.6 Å². The van der Waals surface area contributed by atoms with Crippen molar-refractivity contribution < 1.29 is 22.7 Å². The molecule has 1 saturated heterocycles. The third-order valence-electron chi connectivity index (χ3n) is 3.97. The molecule has 128 valence electrons. The molecule has 1 aliphatic heterocycles. The smallest absolute Gasteiger partial charge is 0.417 e. The molecule has 1 unspecified atom stereocenters. The molecule has 23 heavy (non-hydrogen) atoms. The number of benzene rings is 1. The molecule has 0 saturated carbocycles. The van der Waals surface area contributed by atoms with E-state index in [4.69, 9.17) is 16.3 Å². The zero-order valence-electron chi connectivity index (χ0n) is 12.8. The average molecular weight is 350 g/mol. The Hall–Kier alpha value is -1.43. The molecular weight excluding hydrogens is 331 g/mol. The minimum absolute atomic E-state index is 0.225. The fraction of sp³-hybridized carbons (Fsp3) is 0.562. The maximum atomic E-state index is 12.9. The highest BCUT2D eigenvalue weighted by atomic mass is 35.5. The molecule has 0 bridgehead atoms. The van der Waals surface area contributed by atoms with Crippen LogP contribution in [0, 0.1) is 5.92 Å². The van der Waals surface area contributed by atoms with Crippen LogP contribution in [0.3, 0.4) is 0 Å². The zero-order chi connectivity index (χ0) is 17.0. The average Bonchev–Trinajstić information content (AvgIpc) is 2.93. The van der Waals surface area contributed by atoms with E-state index in [0.717, 1.165) is 12.5 Å². The first-order chi connectivity index (χ1) is 10.8. The van der Waals surface area contributed by atoms with Crippen molar-refractivity contribution in [3.63, 3.8) is 0 Å². The van der Waals surface area contributed by atoms with E-state index in [2.05, 4.69) is 0 Å². The molecule has 1 aromatic rings. The van der Waals surface area contributed by atoms with E-state index < -0.39 is 11.7 Å². The highest BCUT2D eigenvalue weighted by Gasteiger charge is 2.34. The van der Waals surface area contributed by atoms with Crippen LogP contribution in [0.15, 0.2) is 18.2 Å². The number of carbonyl (C=O) groups excluding carboxylic acids is 1. The largest absolute Gasteiger partial charge is 0.466 e. The topological polar surface area (TPSA) is 29.5 Å². The number of esters is 1. The Bertz CT molecular complexity index is 563. The van der Waals surface area contributed by atoms with E-state index in [1.165, 1.54) is 6.07 Å². The Balaban J connectivity index is 1.98. The lowest BCUT2D eigenvalue weighted by Gasteiger charge is -2.20. The van der Waals surface area contributed by atoms with Gasteiger partial charge in [-0.3, -0.25) is 4.79 Å². The van der Waals surface area contributed by atoms with Crippen LogP contribution < -0.4 is 4.90 Å². The molecule has 1 atom stereocenters. The second-order valence-electron chi connectivity index (χ2n) is 5.61. The summed E-state index contributed by atoms with van der Waals surface area (Å²) in [7, 11) is 0. The second kappa shape index (κ2) is 7.43. The monoisotopic (exact) mass is 349 g/mol. The standard InChI is InChI=1S/C16H19ClF3NO2/c1-2-23-15(22)6-3-11-7-8-21(10-11)12-4-5-14(17)13(9-12)16(18,19)20/h4-5,9,11H,2-3,6-8,10H2,1H3. The summed E-state index contributed by atoms with van der Waals surface area (Å²) >= 11 is 5.64. The van der Waals surface area contributed by atoms with Crippen molar-refractivity contribution in [1.29, 1.82) is 0 Å². The maximum Gasteiger partial charge on any atom is 0.417 e. The van der Waals surface area contributed by atoms with Gasteiger partial charge in [-0.05, 0) is 43.9 Å². The lowest BCUT2D eigenvalue weighted by molar-refractivity contribution is -0.143. The van der Waals surface area contributed by atoms with Crippen LogP contribution in [0.4, 0.5) is 18.9 Å². The zero-order valence-corrected chi connectivity index (χ0v) is 13.6. The van der Waals surface area contributed by atoms with Gasteiger partial charge in [0.05, 0.1) is 17.2 Å². The molecule has 1 heterocycles. The van der Waals surface area contributed by atoms with Gasteiger partial charge in [-0.1, -0.05) is 11.6 Å². The van der Waals surface area contributed by atoms with Gasteiger partial charge < -0.3 is 9.64 Å². The van der Waals surface area contributed by atoms with Gasteiger partial charge in [0.15, 0.2) is 0 Å². The van der Waals surface area contributed by atoms with Crippen molar-refractivity contribution in [2.45, 2.75) is 32.4 Å². The van der Waals surface area contributed by atoms with Crippen LogP contribution in [-0.4, -0.2) is 25.7 Å². The lowest BCUT2D eigenvalue weighted by Crippen LogP contribution is -2.20. The summed E-state index contributed by atoms with van der Waals surface area (Å²) in [5.74, 6) is 0.0567. The number of nitrogens with zero attached hydrogens (tertiary/aromatic N) is 1. The van der Waals surface area contributed by atoms with E-state index >= 15 is 0 Å². The van der Waals surface area contributed by atoms with E-state index in [-0.39, 0.29) is 16.9 Å². The van der Waals surface area contributed by atoms with Crippen LogP contribution in [0.25, 0.3) is 0 Å². The van der Waals surface area contributed by atoms with Gasteiger partial charge in [0.1, 0.15) is 0 Å². The number of halogens is 4. The van der Waals surface area contributed by atoms with Gasteiger partial charge in [0, 0.05) is 25.2 Å². The Kier molecular flexibility index (Phi) is 5.79. The molecule has 0 amide bonds. The molecule has 1 aromatic carbocycles. The quantitative estimate of drug-likeness (QED) is 0.731. The Morgan fingerprint density at radius 3 is 2.83 bits per heavy atom. The van der Waals surface area contributed by atoms with E-state index in [9.17, 15) is 18.0 Å². The lowest BCUT2D eigenvalue weighted by atomic mass is 10.0. The summed E-state index contributed by atoms with van der Waals surface area (Å²) in [6.07, 6.45) is -2.57. The van der Waals surface area contributed by atoms with E-state index in [1.807, 2.05) is 4.90 Å². The highest BCUT2D eigenvalue weighted by molar-refractivity contribution is 6.31. The molecule has 0 spiro atoms. The molecule has 1 aliphatic rings. The maximum absolute atomic E-state index is 12.9. The summed E-state index contributed by atoms with van der Waals surface area (Å²) < 4.78 is 43.6. The number of anilines is 1. The first-order valence-corrected chi connectivity index (χ1v) is 7.96. The number of hydrogen-bond acceptors (Lipinski definition) is 3. The molecule has 7 heteroatoms. The van der Waals surface area contributed by atoms with Gasteiger partial charge in [0.25, 0.3) is 0 Å². The summed E-state index contributed by atoms with van der Waals surface area (Å²) in [6.45, 7) is 3.43. The van der Waals surface area contributed by atoms with E-state index in [0.29, 0.717) is 38.2 Å². The number of hydrogen-bond donors (Lipinski definition) is 0. The Morgan fingerprint density at radius 2 is 2.17 bits per heavy atom. The second-order valence-corrected chi connectivity index (χ2v) is 6.01. The normalized spacial score (nSPS) is 18.3. The molecule has 0 aromatic heterocycles. The van der Waals surface area contributed by atoms with E-state index in [1.54, 1.807) is 13.0 Å². The molecule has 0 aliphatic carbocycles. The van der Waals surface area contributed by atoms with Crippen LogP contribution in [-0.2, 0) is 15.7 Å². The van der Waals surface area contributed by atoms with Crippen LogP contribution in [0.5, 0.6) is 0 Å². The van der Waals surface area contributed by atoms with Gasteiger partial charge >= 0.3 is 12.1 Å². The van der Waals surface area contributed by atoms with Crippen molar-refractivity contribution in [3.05, 3.63) is 28.8 Å². The minimum atomic E-state index is -4.46. The summed E-state index contributed by atoms with van der Waals surface area (Å²) in [6, 6.07) is 3.98. The van der Waals surface area contributed by atoms with Crippen LogP contribution in [0.1, 0.15) is 31.7 Å². The Morgan fingerprint density at radius 1 is 1.43 bits per heavy atom. The van der Waals surface area contributed by atoms with Crippen molar-refractivity contribution in [1.82, 2.24) is 0 Å². The van der Waals surface area contributed by atoms with Gasteiger partial charge in [-0.2, -0.15) is 13.2 Å². The SMILES string of the molecule is CCOC(=O)CCC1CCN(c2ccc(Cl)c(C(F)(F)F)c2)C1. The molecule has 1 fully saturated rings. The summed E-state index contributed by atoms with van der Waals surface area (Å²) in [4.78, 5) is 13.3. The summed E-state index contributed by atoms with van der Waals surface area (Å²) in [5, 5.41) is -0.292. The number of carbonyl (C=O) groups is 1. The predicted octanol–water partition coefficient (Wildman–Crippen LogP) is 4.53. The third-order valence-corrected chi connectivity index (χ3v) is 4.30. The number of alkyl halides is 3. The van der Waals surface area contributed by atoms with Crippen molar-refractivity contribution >= 4 is 23.3 Å². The Labute approximate surface area is 138 Å². The third kappa shape index (κ3) is 4.77. The van der Waals surface area contributed by atoms with Gasteiger partial charge in [-0.15, -0.1) is 0 Å². The minimum Gasteiger partial charge on any atom is -0.466 e. The number of rotatable bonds is 5. The molecular formula is C16H19ClF3NO2. The number of ether oxygens (including phenoxy) is 1. The van der Waals surface area contributed by atoms with Gasteiger partial charge in [-0.25, -0.2) is 0 Å². The fourth-order valence-corrected chi connectivity index (χ4v) is 3.01. The molecule has 2 rings (SSSR count). The summed E-state index contributed by atoms with van der Waals surface area (Å²) in [5.41, 5.74) is -0.299. The van der Waals surface area contributed by atoms with Crippen molar-refractivity contribution in [2.24, 2.45) is 5.92 Å². The van der Waals surface area contributed by atoms with Gasteiger partial charge in [0.2, 0.25) is 0 Å². The first kappa shape index (κ1) is 17.9. The molecule has 0 N–H and O–H groups in total. The molecule has 3 nitrogen and oxygen atoms in total. The molecule has 0 radical (unpaired) electrons. The van der Waals surface area contributed by atoms with Crippen LogP contribution in [0.2, 0.25) is 5.02 Å². The van der Waals surface area contributed by atoms with Crippen LogP contribution >= 0.6 is 11.6 Å². The first-order valence-electron chi connectivity index (χ1n) is 7.58. The highest BCUT2D eigenvalue weighted by Crippen LogP contribution is 2.38. The van der Waals surface area contributed by atoms with Crippen molar-refractivity contribution in [3.8, 4) is 0 Å². The fourth-order valence-electron chi connectivity index (χ4n) is 2.79. The predicted molar refractivity (Wildman–Crippen MR) is 82.6 cm³/mol.